The molecule has 76 valence electrons. The number of hydrogen-bond acceptors (Lipinski definition) is 1. The molecule has 0 spiro atoms. The van der Waals surface area contributed by atoms with Gasteiger partial charge in [-0.15, -0.1) is 0 Å². The van der Waals surface area contributed by atoms with Gasteiger partial charge in [-0.25, -0.2) is 0 Å². The van der Waals surface area contributed by atoms with Crippen LogP contribution in [0.3, 0.4) is 0 Å². The molecule has 0 unspecified atom stereocenters. The van der Waals surface area contributed by atoms with E-state index in [2.05, 4.69) is 5.32 Å². The summed E-state index contributed by atoms with van der Waals surface area (Å²) in [7, 11) is 13.8. The predicted octanol–water partition coefficient (Wildman–Crippen LogP) is 2.61. The monoisotopic (exact) mass is 313 g/mol. The van der Waals surface area contributed by atoms with Crippen LogP contribution in [0, 0.1) is 0 Å². The number of halogens is 3. The van der Waals surface area contributed by atoms with Crippen molar-refractivity contribution in [3.63, 3.8) is 0 Å². The van der Waals surface area contributed by atoms with E-state index in [0.29, 0.717) is 5.56 Å². The van der Waals surface area contributed by atoms with Gasteiger partial charge in [-0.05, 0) is 0 Å². The van der Waals surface area contributed by atoms with Gasteiger partial charge in [-0.1, -0.05) is 0 Å². The molecule has 1 aromatic carbocycles. The van der Waals surface area contributed by atoms with Crippen LogP contribution in [0.1, 0.15) is 10.4 Å². The topological polar surface area (TPSA) is 29.1 Å². The average Bonchev–Trinajstić information content (AvgIpc) is 2.14. The molecule has 0 aliphatic heterocycles. The fraction of sp³-hybridized carbons (Fsp3) is 0.125. The molecule has 1 amide bonds. The Hall–Kier alpha value is 0.103. The van der Waals surface area contributed by atoms with Crippen LogP contribution in [0.4, 0.5) is 0 Å². The predicted molar refractivity (Wildman–Crippen MR) is 62.1 cm³/mol. The molecular weight excluding hydrogens is 305 g/mol. The molecule has 0 aliphatic carbocycles. The molecule has 6 heteroatoms. The molecule has 0 saturated heterocycles. The third kappa shape index (κ3) is 4.55. The molecule has 0 atom stereocenters. The van der Waals surface area contributed by atoms with E-state index in [1.807, 2.05) is 6.07 Å². The summed E-state index contributed by atoms with van der Waals surface area (Å²) in [6.07, 6.45) is 0. The van der Waals surface area contributed by atoms with Gasteiger partial charge in [-0.3, -0.25) is 0 Å². The average molecular weight is 313 g/mol. The molecule has 2 nitrogen and oxygen atoms in total. The van der Waals surface area contributed by atoms with Gasteiger partial charge in [0.05, 0.1) is 0 Å². The number of hydrogen-bond donors (Lipinski definition) is 1. The van der Waals surface area contributed by atoms with Gasteiger partial charge in [-0.2, -0.15) is 0 Å². The molecule has 1 N–H and O–H groups in total. The number of benzene rings is 1. The van der Waals surface area contributed by atoms with Gasteiger partial charge in [0.1, 0.15) is 0 Å². The van der Waals surface area contributed by atoms with E-state index in [4.69, 9.17) is 30.0 Å². The summed E-state index contributed by atoms with van der Waals surface area (Å²) >= 11 is 0. The van der Waals surface area contributed by atoms with Crippen molar-refractivity contribution in [2.45, 2.75) is 0 Å². The van der Waals surface area contributed by atoms with Gasteiger partial charge < -0.3 is 0 Å². The first-order chi connectivity index (χ1) is 6.49. The number of rotatable bonds is 3. The number of carbonyl (C=O) groups is 1. The van der Waals surface area contributed by atoms with Crippen LogP contribution >= 0.6 is 30.0 Å². The van der Waals surface area contributed by atoms with Gasteiger partial charge in [0, 0.05) is 0 Å². The quantitative estimate of drug-likeness (QED) is 0.854. The Morgan fingerprint density at radius 2 is 1.79 bits per heavy atom. The van der Waals surface area contributed by atoms with Gasteiger partial charge in [0.25, 0.3) is 0 Å². The maximum atomic E-state index is 11.4. The van der Waals surface area contributed by atoms with Crippen molar-refractivity contribution >= 4 is 46.4 Å². The van der Waals surface area contributed by atoms with Crippen molar-refractivity contribution in [3.8, 4) is 0 Å². The molecule has 0 radical (unpaired) electrons. The Labute approximate surface area is 97.4 Å². The summed E-state index contributed by atoms with van der Waals surface area (Å²) in [6.45, 7) is 0. The van der Waals surface area contributed by atoms with Crippen LogP contribution in [0.2, 0.25) is 0 Å². The second-order valence-electron chi connectivity index (χ2n) is 2.66. The Bertz CT molecular complexity index is 312. The maximum absolute atomic E-state index is 11.4. The summed E-state index contributed by atoms with van der Waals surface area (Å²) in [5, 5.41) is 2.77. The minimum atomic E-state index is -3.23. The second-order valence-corrected chi connectivity index (χ2v) is 19.1. The van der Waals surface area contributed by atoms with E-state index in [1.165, 1.54) is 0 Å². The molecule has 1 aromatic rings. The van der Waals surface area contributed by atoms with Crippen molar-refractivity contribution in [1.29, 1.82) is 0 Å². The molecule has 0 fully saturated rings. The van der Waals surface area contributed by atoms with Crippen LogP contribution in [0.15, 0.2) is 30.3 Å². The van der Waals surface area contributed by atoms with Gasteiger partial charge >= 0.3 is 97.8 Å². The zero-order valence-corrected chi connectivity index (χ0v) is 11.5. The van der Waals surface area contributed by atoms with Crippen molar-refractivity contribution in [2.24, 2.45) is 0 Å². The van der Waals surface area contributed by atoms with Crippen molar-refractivity contribution in [1.82, 2.24) is 5.32 Å². The molecule has 0 bridgehead atoms. The summed E-state index contributed by atoms with van der Waals surface area (Å²) in [6, 6.07) is 8.82. The van der Waals surface area contributed by atoms with Crippen LogP contribution in [0.5, 0.6) is 0 Å². The van der Waals surface area contributed by atoms with E-state index < -0.39 is 10.5 Å². The van der Waals surface area contributed by atoms with Crippen molar-refractivity contribution in [3.05, 3.63) is 35.9 Å². The van der Waals surface area contributed by atoms with E-state index in [-0.39, 0.29) is 11.3 Å². The molecule has 0 aromatic heterocycles. The first kappa shape index (κ1) is 12.2. The first-order valence-corrected chi connectivity index (χ1v) is 13.6. The van der Waals surface area contributed by atoms with E-state index in [0.717, 1.165) is 0 Å². The van der Waals surface area contributed by atoms with Crippen molar-refractivity contribution < 1.29 is 4.79 Å². The second kappa shape index (κ2) is 5.26. The molecule has 1 rings (SSSR count). The van der Waals surface area contributed by atoms with E-state index in [9.17, 15) is 4.79 Å². The number of nitrogens with one attached hydrogen (secondary N) is 1. The fourth-order valence-corrected chi connectivity index (χ4v) is 2.67. The summed E-state index contributed by atoms with van der Waals surface area (Å²) in [5.41, 5.74) is 0.573. The standard InChI is InChI=1S/C8H8Cl3GeNO/c9-12(10,11)6-13-8(14)7-4-2-1-3-5-7/h1-5H,6H2,(H,13,14). The zero-order chi connectivity index (χ0) is 10.6. The number of carbonyl (C=O) groups excluding carboxylic acids is 1. The van der Waals surface area contributed by atoms with Gasteiger partial charge in [0.2, 0.25) is 0 Å². The number of amides is 1. The summed E-state index contributed by atoms with van der Waals surface area (Å²) in [4.78, 5) is 11.4. The van der Waals surface area contributed by atoms with Crippen molar-refractivity contribution in [2.75, 3.05) is 5.38 Å². The third-order valence-corrected chi connectivity index (χ3v) is 4.78. The Morgan fingerprint density at radius 3 is 2.29 bits per heavy atom. The van der Waals surface area contributed by atoms with Crippen LogP contribution < -0.4 is 5.32 Å². The molecule has 14 heavy (non-hydrogen) atoms. The van der Waals surface area contributed by atoms with E-state index in [1.54, 1.807) is 24.3 Å². The van der Waals surface area contributed by atoms with Crippen LogP contribution in [-0.2, 0) is 0 Å². The fourth-order valence-electron chi connectivity index (χ4n) is 0.872. The molecular formula is C8H8Cl3GeNO. The molecule has 0 saturated carbocycles. The SMILES string of the molecule is O=C(N[CH2][Ge]([Cl])([Cl])[Cl])c1ccccc1. The Morgan fingerprint density at radius 1 is 1.21 bits per heavy atom. The summed E-state index contributed by atoms with van der Waals surface area (Å²) in [5.74, 6) is -0.206. The van der Waals surface area contributed by atoms with Crippen LogP contribution in [-0.4, -0.2) is 21.8 Å². The summed E-state index contributed by atoms with van der Waals surface area (Å²) < 4.78 is 0. The first-order valence-electron chi connectivity index (χ1n) is 3.89. The molecule has 0 aliphatic rings. The zero-order valence-electron chi connectivity index (χ0n) is 7.14. The Balaban J connectivity index is 2.52. The molecule has 0 heterocycles. The van der Waals surface area contributed by atoms with E-state index >= 15 is 0 Å². The normalized spacial score (nSPS) is 11.1. The minimum absolute atomic E-state index is 0.179. The third-order valence-electron chi connectivity index (χ3n) is 1.49. The van der Waals surface area contributed by atoms with Gasteiger partial charge in [0.15, 0.2) is 0 Å². The Kier molecular flexibility index (Phi) is 4.57. The van der Waals surface area contributed by atoms with Crippen LogP contribution in [0.25, 0.3) is 0 Å².